The van der Waals surface area contributed by atoms with E-state index in [-0.39, 0.29) is 6.10 Å². The van der Waals surface area contributed by atoms with Crippen molar-refractivity contribution in [3.05, 3.63) is 59.1 Å². The summed E-state index contributed by atoms with van der Waals surface area (Å²) in [7, 11) is 0. The van der Waals surface area contributed by atoms with E-state index >= 15 is 0 Å². The highest BCUT2D eigenvalue weighted by atomic mass is 35.5. The van der Waals surface area contributed by atoms with Crippen molar-refractivity contribution in [2.24, 2.45) is 0 Å². The molecule has 0 amide bonds. The fourth-order valence-electron chi connectivity index (χ4n) is 2.07. The molecular weight excluding hydrogens is 300 g/mol. The van der Waals surface area contributed by atoms with Crippen LogP contribution in [0.3, 0.4) is 0 Å². The Kier molecular flexibility index (Phi) is 4.06. The van der Waals surface area contributed by atoms with Gasteiger partial charge in [-0.2, -0.15) is 5.10 Å². The predicted molar refractivity (Wildman–Crippen MR) is 84.8 cm³/mol. The van der Waals surface area contributed by atoms with E-state index in [0.717, 1.165) is 16.9 Å². The van der Waals surface area contributed by atoms with Gasteiger partial charge in [0, 0.05) is 23.0 Å². The number of hydrogen-bond acceptors (Lipinski definition) is 4. The molecule has 2 aromatic heterocycles. The first-order valence-corrected chi connectivity index (χ1v) is 7.27. The molecule has 0 fully saturated rings. The van der Waals surface area contributed by atoms with Gasteiger partial charge in [0.25, 0.3) is 0 Å². The molecule has 5 nitrogen and oxygen atoms in total. The molecule has 0 saturated carbocycles. The summed E-state index contributed by atoms with van der Waals surface area (Å²) in [5, 5.41) is 7.81. The maximum Gasteiger partial charge on any atom is 0.182 e. The van der Waals surface area contributed by atoms with Crippen molar-refractivity contribution in [2.45, 2.75) is 20.0 Å². The smallest absolute Gasteiger partial charge is 0.182 e. The van der Waals surface area contributed by atoms with Crippen LogP contribution in [0.1, 0.15) is 24.4 Å². The van der Waals surface area contributed by atoms with Crippen molar-refractivity contribution < 1.29 is 4.74 Å². The first-order valence-electron chi connectivity index (χ1n) is 6.89. The van der Waals surface area contributed by atoms with Gasteiger partial charge in [-0.3, -0.25) is 10.1 Å². The average molecular weight is 315 g/mol. The molecule has 0 saturated heterocycles. The zero-order valence-corrected chi connectivity index (χ0v) is 13.0. The number of ether oxygens (including phenoxy) is 1. The topological polar surface area (TPSA) is 63.7 Å². The van der Waals surface area contributed by atoms with Gasteiger partial charge in [0.2, 0.25) is 0 Å². The molecule has 2 heterocycles. The van der Waals surface area contributed by atoms with Gasteiger partial charge in [-0.25, -0.2) is 4.98 Å². The predicted octanol–water partition coefficient (Wildman–Crippen LogP) is 3.97. The summed E-state index contributed by atoms with van der Waals surface area (Å²) >= 11 is 5.95. The molecule has 6 heteroatoms. The summed E-state index contributed by atoms with van der Waals surface area (Å²) in [5.41, 5.74) is 1.84. The zero-order chi connectivity index (χ0) is 15.5. The van der Waals surface area contributed by atoms with Crippen LogP contribution < -0.4 is 4.74 Å². The van der Waals surface area contributed by atoms with E-state index in [2.05, 4.69) is 20.2 Å². The summed E-state index contributed by atoms with van der Waals surface area (Å²) < 4.78 is 5.93. The zero-order valence-electron chi connectivity index (χ0n) is 12.2. The highest BCUT2D eigenvalue weighted by molar-refractivity contribution is 6.30. The molecule has 3 rings (SSSR count). The van der Waals surface area contributed by atoms with E-state index in [1.165, 1.54) is 0 Å². The standard InChI is InChI=1S/C16H15ClN4O/c1-10-8-13(17)5-6-14(10)22-11(2)15-19-16(21-20-15)12-4-3-7-18-9-12/h3-9,11H,1-2H3,(H,19,20,21). The minimum Gasteiger partial charge on any atom is -0.482 e. The normalized spacial score (nSPS) is 12.1. The minimum atomic E-state index is -0.252. The molecule has 1 unspecified atom stereocenters. The first-order chi connectivity index (χ1) is 10.6. The fraction of sp³-hybridized carbons (Fsp3) is 0.188. The lowest BCUT2D eigenvalue weighted by molar-refractivity contribution is 0.215. The Balaban J connectivity index is 1.78. The van der Waals surface area contributed by atoms with Gasteiger partial charge >= 0.3 is 0 Å². The number of pyridine rings is 1. The number of H-pyrrole nitrogens is 1. The van der Waals surface area contributed by atoms with E-state index in [0.29, 0.717) is 16.7 Å². The third kappa shape index (κ3) is 3.09. The van der Waals surface area contributed by atoms with Gasteiger partial charge in [0.15, 0.2) is 17.8 Å². The SMILES string of the molecule is Cc1cc(Cl)ccc1OC(C)c1nc(-c2cccnc2)n[nH]1. The van der Waals surface area contributed by atoms with Crippen LogP contribution >= 0.6 is 11.6 Å². The Bertz CT molecular complexity index is 773. The van der Waals surface area contributed by atoms with Crippen molar-refractivity contribution >= 4 is 11.6 Å². The summed E-state index contributed by atoms with van der Waals surface area (Å²) in [4.78, 5) is 8.53. The Hall–Kier alpha value is -2.40. The maximum absolute atomic E-state index is 5.95. The fourth-order valence-corrected chi connectivity index (χ4v) is 2.30. The lowest BCUT2D eigenvalue weighted by Crippen LogP contribution is -2.06. The number of rotatable bonds is 4. The molecule has 0 spiro atoms. The number of aromatic amines is 1. The van der Waals surface area contributed by atoms with Gasteiger partial charge in [-0.1, -0.05) is 11.6 Å². The number of halogens is 1. The van der Waals surface area contributed by atoms with Gasteiger partial charge in [0.05, 0.1) is 0 Å². The molecule has 22 heavy (non-hydrogen) atoms. The molecule has 3 aromatic rings. The molecule has 1 aromatic carbocycles. The van der Waals surface area contributed by atoms with Crippen LogP contribution in [-0.2, 0) is 0 Å². The molecule has 1 atom stereocenters. The summed E-state index contributed by atoms with van der Waals surface area (Å²) in [5.74, 6) is 2.04. The van der Waals surface area contributed by atoms with Crippen LogP contribution in [-0.4, -0.2) is 20.2 Å². The number of nitrogens with zero attached hydrogens (tertiary/aromatic N) is 3. The first kappa shape index (κ1) is 14.5. The van der Waals surface area contributed by atoms with Crippen LogP contribution in [0, 0.1) is 6.92 Å². The van der Waals surface area contributed by atoms with Crippen LogP contribution in [0.2, 0.25) is 5.02 Å². The van der Waals surface area contributed by atoms with Crippen molar-refractivity contribution in [2.75, 3.05) is 0 Å². The van der Waals surface area contributed by atoms with Crippen LogP contribution in [0.15, 0.2) is 42.7 Å². The third-order valence-electron chi connectivity index (χ3n) is 3.25. The average Bonchev–Trinajstić information content (AvgIpc) is 3.01. The molecule has 112 valence electrons. The number of aryl methyl sites for hydroxylation is 1. The molecule has 0 bridgehead atoms. The summed E-state index contributed by atoms with van der Waals surface area (Å²) in [6, 6.07) is 9.28. The van der Waals surface area contributed by atoms with Crippen molar-refractivity contribution in [1.82, 2.24) is 20.2 Å². The molecule has 1 N–H and O–H groups in total. The van der Waals surface area contributed by atoms with Gasteiger partial charge in [-0.05, 0) is 49.7 Å². The Labute approximate surface area is 133 Å². The van der Waals surface area contributed by atoms with Crippen molar-refractivity contribution in [1.29, 1.82) is 0 Å². The molecule has 0 aliphatic carbocycles. The summed E-state index contributed by atoms with van der Waals surface area (Å²) in [6.45, 7) is 3.87. The second-order valence-electron chi connectivity index (χ2n) is 4.96. The van der Waals surface area contributed by atoms with E-state index in [9.17, 15) is 0 Å². The minimum absolute atomic E-state index is 0.252. The molecule has 0 aliphatic heterocycles. The number of hydrogen-bond donors (Lipinski definition) is 1. The lowest BCUT2D eigenvalue weighted by Gasteiger charge is -2.14. The monoisotopic (exact) mass is 314 g/mol. The molecular formula is C16H15ClN4O. The summed E-state index contributed by atoms with van der Waals surface area (Å²) in [6.07, 6.45) is 3.19. The second kappa shape index (κ2) is 6.15. The van der Waals surface area contributed by atoms with Crippen molar-refractivity contribution in [3.8, 4) is 17.1 Å². The van der Waals surface area contributed by atoms with Crippen LogP contribution in [0.5, 0.6) is 5.75 Å². The molecule has 0 radical (unpaired) electrons. The van der Waals surface area contributed by atoms with Crippen LogP contribution in [0.25, 0.3) is 11.4 Å². The highest BCUT2D eigenvalue weighted by Gasteiger charge is 2.15. The van der Waals surface area contributed by atoms with Gasteiger partial charge < -0.3 is 4.74 Å². The number of aromatic nitrogens is 4. The van der Waals surface area contributed by atoms with Gasteiger partial charge in [-0.15, -0.1) is 0 Å². The Morgan fingerprint density at radius 3 is 2.86 bits per heavy atom. The van der Waals surface area contributed by atoms with E-state index in [1.807, 2.05) is 38.1 Å². The lowest BCUT2D eigenvalue weighted by atomic mass is 10.2. The van der Waals surface area contributed by atoms with Crippen molar-refractivity contribution in [3.63, 3.8) is 0 Å². The second-order valence-corrected chi connectivity index (χ2v) is 5.39. The van der Waals surface area contributed by atoms with Gasteiger partial charge in [0.1, 0.15) is 5.75 Å². The number of nitrogens with one attached hydrogen (secondary N) is 1. The van der Waals surface area contributed by atoms with E-state index < -0.39 is 0 Å². The third-order valence-corrected chi connectivity index (χ3v) is 3.48. The largest absolute Gasteiger partial charge is 0.482 e. The Morgan fingerprint density at radius 1 is 1.27 bits per heavy atom. The Morgan fingerprint density at radius 2 is 2.14 bits per heavy atom. The molecule has 0 aliphatic rings. The number of benzene rings is 1. The van der Waals surface area contributed by atoms with E-state index in [1.54, 1.807) is 18.5 Å². The quantitative estimate of drug-likeness (QED) is 0.791. The highest BCUT2D eigenvalue weighted by Crippen LogP contribution is 2.26. The van der Waals surface area contributed by atoms with E-state index in [4.69, 9.17) is 16.3 Å². The maximum atomic E-state index is 5.95. The van der Waals surface area contributed by atoms with Crippen LogP contribution in [0.4, 0.5) is 0 Å².